The lowest BCUT2D eigenvalue weighted by Crippen LogP contribution is -2.58. The van der Waals surface area contributed by atoms with Crippen molar-refractivity contribution >= 4 is 11.9 Å². The Morgan fingerprint density at radius 1 is 1.60 bits per heavy atom. The summed E-state index contributed by atoms with van der Waals surface area (Å²) in [5.74, 6) is -0.658. The van der Waals surface area contributed by atoms with Crippen molar-refractivity contribution in [3.05, 3.63) is 0 Å². The summed E-state index contributed by atoms with van der Waals surface area (Å²) >= 11 is 0. The van der Waals surface area contributed by atoms with Gasteiger partial charge in [-0.3, -0.25) is 9.59 Å². The third kappa shape index (κ3) is 1.71. The topological polar surface area (TPSA) is 67.4 Å². The summed E-state index contributed by atoms with van der Waals surface area (Å²) < 4.78 is 4.75. The zero-order valence-corrected chi connectivity index (χ0v) is 8.84. The monoisotopic (exact) mass is 212 g/mol. The molecule has 15 heavy (non-hydrogen) atoms. The first-order valence-corrected chi connectivity index (χ1v) is 5.27. The number of amides is 1. The van der Waals surface area contributed by atoms with E-state index in [-0.39, 0.29) is 24.2 Å². The minimum atomic E-state index is -0.400. The largest absolute Gasteiger partial charge is 0.469 e. The molecule has 0 bridgehead atoms. The summed E-state index contributed by atoms with van der Waals surface area (Å²) in [6.45, 7) is 1.62. The van der Waals surface area contributed by atoms with Crippen LogP contribution in [0.3, 0.4) is 0 Å². The minimum Gasteiger partial charge on any atom is -0.469 e. The molecule has 0 saturated carbocycles. The lowest BCUT2D eigenvalue weighted by atomic mass is 9.80. The first-order valence-electron chi connectivity index (χ1n) is 5.27. The number of nitrogens with one attached hydrogen (secondary N) is 2. The Morgan fingerprint density at radius 2 is 2.40 bits per heavy atom. The molecule has 2 aliphatic rings. The van der Waals surface area contributed by atoms with Crippen LogP contribution in [-0.2, 0) is 14.3 Å². The van der Waals surface area contributed by atoms with Crippen molar-refractivity contribution < 1.29 is 14.3 Å². The molecule has 2 aliphatic heterocycles. The molecule has 2 saturated heterocycles. The fourth-order valence-electron chi connectivity index (χ4n) is 2.58. The molecule has 0 aromatic carbocycles. The Morgan fingerprint density at radius 3 is 3.00 bits per heavy atom. The van der Waals surface area contributed by atoms with E-state index in [4.69, 9.17) is 4.74 Å². The van der Waals surface area contributed by atoms with Crippen molar-refractivity contribution in [3.63, 3.8) is 0 Å². The summed E-state index contributed by atoms with van der Waals surface area (Å²) in [6, 6.07) is 0. The Balaban J connectivity index is 2.19. The second kappa shape index (κ2) is 3.81. The van der Waals surface area contributed by atoms with Gasteiger partial charge in [-0.15, -0.1) is 0 Å². The van der Waals surface area contributed by atoms with Crippen LogP contribution in [0.5, 0.6) is 0 Å². The molecule has 0 aromatic heterocycles. The summed E-state index contributed by atoms with van der Waals surface area (Å²) in [4.78, 5) is 23.0. The second-order valence-electron chi connectivity index (χ2n) is 4.26. The fraction of sp³-hybridized carbons (Fsp3) is 0.800. The van der Waals surface area contributed by atoms with E-state index in [0.717, 1.165) is 19.4 Å². The summed E-state index contributed by atoms with van der Waals surface area (Å²) in [5, 5.41) is 6.16. The maximum Gasteiger partial charge on any atom is 0.311 e. The lowest BCUT2D eigenvalue weighted by Gasteiger charge is -2.37. The van der Waals surface area contributed by atoms with Crippen molar-refractivity contribution in [2.45, 2.75) is 24.8 Å². The second-order valence-corrected chi connectivity index (χ2v) is 4.26. The van der Waals surface area contributed by atoms with E-state index in [0.29, 0.717) is 6.54 Å². The molecule has 2 unspecified atom stereocenters. The van der Waals surface area contributed by atoms with Gasteiger partial charge in [-0.05, 0) is 19.4 Å². The molecule has 2 fully saturated rings. The number of piperidine rings is 1. The maximum absolute atomic E-state index is 11.6. The predicted molar refractivity (Wildman–Crippen MR) is 53.1 cm³/mol. The molecular formula is C10H16N2O3. The van der Waals surface area contributed by atoms with E-state index >= 15 is 0 Å². The normalized spacial score (nSPS) is 35.3. The van der Waals surface area contributed by atoms with E-state index in [1.807, 2.05) is 0 Å². The van der Waals surface area contributed by atoms with Crippen molar-refractivity contribution in [1.29, 1.82) is 0 Å². The van der Waals surface area contributed by atoms with E-state index in [1.54, 1.807) is 0 Å². The molecule has 5 heteroatoms. The molecule has 0 radical (unpaired) electrons. The van der Waals surface area contributed by atoms with Crippen molar-refractivity contribution in [1.82, 2.24) is 10.6 Å². The van der Waals surface area contributed by atoms with E-state index < -0.39 is 5.54 Å². The highest BCUT2D eigenvalue weighted by Crippen LogP contribution is 2.33. The minimum absolute atomic E-state index is 0.0471. The van der Waals surface area contributed by atoms with Gasteiger partial charge in [0.15, 0.2) is 0 Å². The number of rotatable bonds is 1. The van der Waals surface area contributed by atoms with Gasteiger partial charge < -0.3 is 15.4 Å². The van der Waals surface area contributed by atoms with Crippen LogP contribution in [0.1, 0.15) is 19.3 Å². The molecule has 84 valence electrons. The molecule has 2 atom stereocenters. The SMILES string of the molecule is COC(=O)C1CC(=O)NC12CCCNC2. The van der Waals surface area contributed by atoms with Crippen LogP contribution >= 0.6 is 0 Å². The standard InChI is InChI=1S/C10H16N2O3/c1-15-9(14)7-5-8(13)12-10(7)3-2-4-11-6-10/h7,11H,2-6H2,1H3,(H,12,13). The van der Waals surface area contributed by atoms with Crippen molar-refractivity contribution in [3.8, 4) is 0 Å². The number of carbonyl (C=O) groups excluding carboxylic acids is 2. The Hall–Kier alpha value is -1.10. The van der Waals surface area contributed by atoms with Crippen LogP contribution in [0, 0.1) is 5.92 Å². The highest BCUT2D eigenvalue weighted by molar-refractivity contribution is 5.89. The Labute approximate surface area is 88.5 Å². The van der Waals surface area contributed by atoms with Crippen LogP contribution in [0.4, 0.5) is 0 Å². The quantitative estimate of drug-likeness (QED) is 0.571. The Bertz CT molecular complexity index is 284. The zero-order chi connectivity index (χ0) is 10.9. The van der Waals surface area contributed by atoms with Crippen LogP contribution in [0.2, 0.25) is 0 Å². The van der Waals surface area contributed by atoms with Crippen LogP contribution < -0.4 is 10.6 Å². The van der Waals surface area contributed by atoms with E-state index in [9.17, 15) is 9.59 Å². The van der Waals surface area contributed by atoms with E-state index in [1.165, 1.54) is 7.11 Å². The van der Waals surface area contributed by atoms with Gasteiger partial charge in [-0.25, -0.2) is 0 Å². The molecule has 1 amide bonds. The maximum atomic E-state index is 11.6. The zero-order valence-electron chi connectivity index (χ0n) is 8.84. The number of esters is 1. The average Bonchev–Trinajstić information content (AvgIpc) is 2.55. The van der Waals surface area contributed by atoms with Crippen LogP contribution in [0.15, 0.2) is 0 Å². The van der Waals surface area contributed by atoms with E-state index in [2.05, 4.69) is 10.6 Å². The molecule has 1 spiro atoms. The molecular weight excluding hydrogens is 196 g/mol. The van der Waals surface area contributed by atoms with Crippen LogP contribution in [-0.4, -0.2) is 37.6 Å². The molecule has 5 nitrogen and oxygen atoms in total. The number of carbonyl (C=O) groups is 2. The number of methoxy groups -OCH3 is 1. The molecule has 2 N–H and O–H groups in total. The van der Waals surface area contributed by atoms with Gasteiger partial charge in [0, 0.05) is 13.0 Å². The third-order valence-corrected chi connectivity index (χ3v) is 3.35. The Kier molecular flexibility index (Phi) is 2.65. The molecule has 2 rings (SSSR count). The summed E-state index contributed by atoms with van der Waals surface area (Å²) in [6.07, 6.45) is 2.09. The van der Waals surface area contributed by atoms with Gasteiger partial charge >= 0.3 is 5.97 Å². The van der Waals surface area contributed by atoms with Crippen molar-refractivity contribution in [2.75, 3.05) is 20.2 Å². The number of ether oxygens (including phenoxy) is 1. The van der Waals surface area contributed by atoms with Gasteiger partial charge in [0.25, 0.3) is 0 Å². The van der Waals surface area contributed by atoms with Crippen LogP contribution in [0.25, 0.3) is 0 Å². The molecule has 0 aliphatic carbocycles. The summed E-state index contributed by atoms with van der Waals surface area (Å²) in [7, 11) is 1.37. The first-order chi connectivity index (χ1) is 7.18. The van der Waals surface area contributed by atoms with Gasteiger partial charge in [0.1, 0.15) is 0 Å². The highest BCUT2D eigenvalue weighted by Gasteiger charge is 2.51. The smallest absolute Gasteiger partial charge is 0.311 e. The van der Waals surface area contributed by atoms with Gasteiger partial charge in [0.05, 0.1) is 18.6 Å². The third-order valence-electron chi connectivity index (χ3n) is 3.35. The highest BCUT2D eigenvalue weighted by atomic mass is 16.5. The average molecular weight is 212 g/mol. The molecule has 2 heterocycles. The predicted octanol–water partition coefficient (Wildman–Crippen LogP) is -0.582. The van der Waals surface area contributed by atoms with Gasteiger partial charge in [-0.1, -0.05) is 0 Å². The number of hydrogen-bond donors (Lipinski definition) is 2. The summed E-state index contributed by atoms with van der Waals surface area (Å²) in [5.41, 5.74) is -0.400. The number of hydrogen-bond acceptors (Lipinski definition) is 4. The molecule has 0 aromatic rings. The fourth-order valence-corrected chi connectivity index (χ4v) is 2.58. The first kappa shape index (κ1) is 10.4. The van der Waals surface area contributed by atoms with Gasteiger partial charge in [0.2, 0.25) is 5.91 Å². The van der Waals surface area contributed by atoms with Crippen molar-refractivity contribution in [2.24, 2.45) is 5.92 Å². The van der Waals surface area contributed by atoms with Gasteiger partial charge in [-0.2, -0.15) is 0 Å². The lowest BCUT2D eigenvalue weighted by molar-refractivity contribution is -0.148.